The summed E-state index contributed by atoms with van der Waals surface area (Å²) in [5.74, 6) is 0. The first-order valence-corrected chi connectivity index (χ1v) is 5.02. The lowest BCUT2D eigenvalue weighted by atomic mass is 10.1. The van der Waals surface area contributed by atoms with Crippen molar-refractivity contribution >= 4 is 33.4 Å². The van der Waals surface area contributed by atoms with Crippen molar-refractivity contribution in [2.24, 2.45) is 0 Å². The third-order valence-electron chi connectivity index (χ3n) is 2.41. The van der Waals surface area contributed by atoms with Crippen molar-refractivity contribution in [3.8, 4) is 0 Å². The highest BCUT2D eigenvalue weighted by Crippen LogP contribution is 2.23. The molecule has 15 heavy (non-hydrogen) atoms. The second kappa shape index (κ2) is 3.17. The molecule has 0 atom stereocenters. The van der Waals surface area contributed by atoms with Gasteiger partial charge in [0.25, 0.3) is 0 Å². The van der Waals surface area contributed by atoms with Crippen LogP contribution in [-0.4, -0.2) is 9.97 Å². The summed E-state index contributed by atoms with van der Waals surface area (Å²) in [7, 11) is 0. The van der Waals surface area contributed by atoms with Crippen LogP contribution in [0.15, 0.2) is 42.6 Å². The van der Waals surface area contributed by atoms with E-state index in [1.165, 1.54) is 0 Å². The number of nitrogens with zero attached hydrogens (tertiary/aromatic N) is 2. The Bertz CT molecular complexity index is 649. The molecule has 72 valence electrons. The zero-order chi connectivity index (χ0) is 10.3. The molecule has 3 aromatic rings. The van der Waals surface area contributed by atoms with E-state index in [0.29, 0.717) is 5.15 Å². The van der Waals surface area contributed by atoms with Crippen LogP contribution in [0.5, 0.6) is 0 Å². The summed E-state index contributed by atoms with van der Waals surface area (Å²) in [6, 6.07) is 11.8. The van der Waals surface area contributed by atoms with E-state index in [-0.39, 0.29) is 0 Å². The van der Waals surface area contributed by atoms with Gasteiger partial charge < -0.3 is 0 Å². The number of aromatic nitrogens is 2. The normalized spacial score (nSPS) is 11.0. The van der Waals surface area contributed by atoms with E-state index in [0.717, 1.165) is 21.8 Å². The molecule has 2 aromatic heterocycles. The van der Waals surface area contributed by atoms with Crippen molar-refractivity contribution in [3.63, 3.8) is 0 Å². The van der Waals surface area contributed by atoms with Gasteiger partial charge in [-0.15, -0.1) is 0 Å². The topological polar surface area (TPSA) is 25.8 Å². The van der Waals surface area contributed by atoms with E-state index < -0.39 is 0 Å². The summed E-state index contributed by atoms with van der Waals surface area (Å²) in [5, 5.41) is 2.70. The molecule has 0 aliphatic heterocycles. The van der Waals surface area contributed by atoms with Crippen LogP contribution in [0.3, 0.4) is 0 Å². The molecule has 3 heteroatoms. The molecular formula is C12H7ClN2. The van der Waals surface area contributed by atoms with Crippen molar-refractivity contribution in [1.82, 2.24) is 9.97 Å². The van der Waals surface area contributed by atoms with Gasteiger partial charge in [0.15, 0.2) is 0 Å². The van der Waals surface area contributed by atoms with Gasteiger partial charge in [-0.3, -0.25) is 4.98 Å². The van der Waals surface area contributed by atoms with Gasteiger partial charge in [-0.05, 0) is 18.2 Å². The van der Waals surface area contributed by atoms with Gasteiger partial charge in [0.1, 0.15) is 5.15 Å². The van der Waals surface area contributed by atoms with E-state index in [2.05, 4.69) is 9.97 Å². The lowest BCUT2D eigenvalue weighted by Gasteiger charge is -2.01. The van der Waals surface area contributed by atoms with Crippen molar-refractivity contribution in [1.29, 1.82) is 0 Å². The third-order valence-corrected chi connectivity index (χ3v) is 2.62. The smallest absolute Gasteiger partial charge is 0.129 e. The van der Waals surface area contributed by atoms with Crippen molar-refractivity contribution < 1.29 is 0 Å². The van der Waals surface area contributed by atoms with Crippen LogP contribution >= 0.6 is 11.6 Å². The van der Waals surface area contributed by atoms with Crippen LogP contribution in [0.4, 0.5) is 0 Å². The Morgan fingerprint density at radius 2 is 1.67 bits per heavy atom. The van der Waals surface area contributed by atoms with E-state index in [9.17, 15) is 0 Å². The van der Waals surface area contributed by atoms with Crippen molar-refractivity contribution in [3.05, 3.63) is 47.7 Å². The summed E-state index contributed by atoms with van der Waals surface area (Å²) in [4.78, 5) is 8.56. The molecule has 0 saturated heterocycles. The Morgan fingerprint density at radius 1 is 0.867 bits per heavy atom. The fourth-order valence-electron chi connectivity index (χ4n) is 1.72. The number of halogens is 1. The zero-order valence-corrected chi connectivity index (χ0v) is 8.57. The van der Waals surface area contributed by atoms with Gasteiger partial charge in [-0.25, -0.2) is 4.98 Å². The second-order valence-corrected chi connectivity index (χ2v) is 3.73. The summed E-state index contributed by atoms with van der Waals surface area (Å²) in [6.45, 7) is 0. The Balaban J connectivity index is 2.55. The fourth-order valence-corrected chi connectivity index (χ4v) is 1.87. The molecule has 2 nitrogen and oxygen atoms in total. The van der Waals surface area contributed by atoms with Crippen molar-refractivity contribution in [2.45, 2.75) is 0 Å². The molecule has 0 amide bonds. The first-order chi connectivity index (χ1) is 7.34. The molecule has 0 saturated carbocycles. The monoisotopic (exact) mass is 214 g/mol. The van der Waals surface area contributed by atoms with Gasteiger partial charge in [-0.1, -0.05) is 29.8 Å². The highest BCUT2D eigenvalue weighted by molar-refractivity contribution is 6.30. The number of benzene rings is 1. The summed E-state index contributed by atoms with van der Waals surface area (Å²) in [6.07, 6.45) is 1.75. The van der Waals surface area contributed by atoms with E-state index >= 15 is 0 Å². The Kier molecular flexibility index (Phi) is 1.82. The molecule has 0 spiro atoms. The maximum Gasteiger partial charge on any atom is 0.129 e. The van der Waals surface area contributed by atoms with Crippen LogP contribution in [-0.2, 0) is 0 Å². The number of hydrogen-bond acceptors (Lipinski definition) is 2. The quantitative estimate of drug-likeness (QED) is 0.423. The molecular weight excluding hydrogens is 208 g/mol. The zero-order valence-electron chi connectivity index (χ0n) is 7.81. The largest absolute Gasteiger partial charge is 0.254 e. The van der Waals surface area contributed by atoms with Crippen LogP contribution in [0.25, 0.3) is 21.8 Å². The highest BCUT2D eigenvalue weighted by Gasteiger charge is 2.01. The minimum absolute atomic E-state index is 0.500. The summed E-state index contributed by atoms with van der Waals surface area (Å²) in [5.41, 5.74) is 1.82. The van der Waals surface area contributed by atoms with E-state index in [1.54, 1.807) is 12.3 Å². The molecule has 0 unspecified atom stereocenters. The predicted molar refractivity (Wildman–Crippen MR) is 62.1 cm³/mol. The van der Waals surface area contributed by atoms with Gasteiger partial charge in [0.05, 0.1) is 17.2 Å². The number of hydrogen-bond donors (Lipinski definition) is 0. The Hall–Kier alpha value is -1.67. The molecule has 0 radical (unpaired) electrons. The lowest BCUT2D eigenvalue weighted by molar-refractivity contribution is 1.36. The minimum atomic E-state index is 0.500. The first-order valence-electron chi connectivity index (χ1n) is 4.64. The molecule has 0 bridgehead atoms. The van der Waals surface area contributed by atoms with Crippen LogP contribution in [0, 0.1) is 0 Å². The number of fused-ring (bicyclic) bond motifs is 3. The highest BCUT2D eigenvalue weighted by atomic mass is 35.5. The van der Waals surface area contributed by atoms with Crippen LogP contribution in [0.2, 0.25) is 5.15 Å². The number of para-hydroxylation sites is 1. The maximum absolute atomic E-state index is 5.83. The Labute approximate surface area is 91.5 Å². The maximum atomic E-state index is 5.83. The molecule has 0 N–H and O–H groups in total. The molecule has 0 aliphatic carbocycles. The molecule has 0 fully saturated rings. The lowest BCUT2D eigenvalue weighted by Crippen LogP contribution is -1.84. The molecule has 0 aliphatic rings. The minimum Gasteiger partial charge on any atom is -0.254 e. The molecule has 3 rings (SSSR count). The fraction of sp³-hybridized carbons (Fsp3) is 0. The van der Waals surface area contributed by atoms with Gasteiger partial charge in [0, 0.05) is 10.8 Å². The van der Waals surface area contributed by atoms with Crippen molar-refractivity contribution in [2.75, 3.05) is 0 Å². The van der Waals surface area contributed by atoms with Gasteiger partial charge >= 0.3 is 0 Å². The SMILES string of the molecule is Clc1ccc2c(cnc3ccccc32)n1. The van der Waals surface area contributed by atoms with E-state index in [4.69, 9.17) is 11.6 Å². The first kappa shape index (κ1) is 8.62. The predicted octanol–water partition coefficient (Wildman–Crippen LogP) is 3.44. The van der Waals surface area contributed by atoms with Gasteiger partial charge in [-0.2, -0.15) is 0 Å². The van der Waals surface area contributed by atoms with E-state index in [1.807, 2.05) is 30.3 Å². The number of rotatable bonds is 0. The average molecular weight is 215 g/mol. The Morgan fingerprint density at radius 3 is 2.60 bits per heavy atom. The van der Waals surface area contributed by atoms with Crippen LogP contribution in [0.1, 0.15) is 0 Å². The molecule has 2 heterocycles. The van der Waals surface area contributed by atoms with Crippen LogP contribution < -0.4 is 0 Å². The van der Waals surface area contributed by atoms with Gasteiger partial charge in [0.2, 0.25) is 0 Å². The second-order valence-electron chi connectivity index (χ2n) is 3.34. The standard InChI is InChI=1S/C12H7ClN2/c13-12-6-5-9-8-3-1-2-4-10(8)14-7-11(9)15-12/h1-7H. The average Bonchev–Trinajstić information content (AvgIpc) is 2.28. The third kappa shape index (κ3) is 1.34. The summed E-state index contributed by atoms with van der Waals surface area (Å²) >= 11 is 5.83. The molecule has 1 aromatic carbocycles. The number of pyridine rings is 2. The summed E-state index contributed by atoms with van der Waals surface area (Å²) < 4.78 is 0.